The summed E-state index contributed by atoms with van der Waals surface area (Å²) in [6.07, 6.45) is 6.42. The van der Waals surface area contributed by atoms with E-state index in [4.69, 9.17) is 4.74 Å². The van der Waals surface area contributed by atoms with Gasteiger partial charge in [-0.05, 0) is 37.8 Å². The number of ether oxygens (including phenoxy) is 1. The minimum atomic E-state index is 0.0888. The van der Waals surface area contributed by atoms with Crippen LogP contribution in [0.1, 0.15) is 39.0 Å². The summed E-state index contributed by atoms with van der Waals surface area (Å²) in [5.41, 5.74) is 0.738. The van der Waals surface area contributed by atoms with E-state index in [9.17, 15) is 4.79 Å². The Kier molecular flexibility index (Phi) is 6.76. The number of rotatable bonds is 9. The molecule has 0 unspecified atom stereocenters. The maximum absolute atomic E-state index is 12.3. The zero-order valence-corrected chi connectivity index (χ0v) is 15.4. The molecule has 1 N–H and O–H groups in total. The first-order chi connectivity index (χ1) is 12.8. The van der Waals surface area contributed by atoms with Gasteiger partial charge >= 0.3 is 0 Å². The molecule has 0 saturated carbocycles. The van der Waals surface area contributed by atoms with E-state index in [2.05, 4.69) is 32.4 Å². The number of fused-ring (bicyclic) bond motifs is 1. The van der Waals surface area contributed by atoms with Gasteiger partial charge in [-0.25, -0.2) is 0 Å². The van der Waals surface area contributed by atoms with Crippen molar-refractivity contribution in [1.82, 2.24) is 25.1 Å². The molecule has 1 aliphatic rings. The second-order valence-corrected chi connectivity index (χ2v) is 6.70. The minimum Gasteiger partial charge on any atom is -0.381 e. The average molecular weight is 360 g/mol. The van der Waals surface area contributed by atoms with Crippen molar-refractivity contribution in [1.29, 1.82) is 0 Å². The molecule has 0 aromatic carbocycles. The fourth-order valence-corrected chi connectivity index (χ4v) is 3.14. The van der Waals surface area contributed by atoms with Crippen molar-refractivity contribution >= 4 is 17.4 Å². The van der Waals surface area contributed by atoms with E-state index >= 15 is 0 Å². The van der Waals surface area contributed by atoms with Crippen molar-refractivity contribution in [2.24, 2.45) is 5.92 Å². The number of aromatic nitrogens is 4. The topological polar surface area (TPSA) is 84.6 Å². The molecule has 1 fully saturated rings. The normalized spacial score (nSPS) is 15.5. The van der Waals surface area contributed by atoms with Gasteiger partial charge in [-0.15, -0.1) is 15.3 Å². The lowest BCUT2D eigenvalue weighted by Gasteiger charge is -2.32. The number of hydrogen-bond donors (Lipinski definition) is 1. The van der Waals surface area contributed by atoms with Gasteiger partial charge in [-0.2, -0.15) is 4.52 Å². The standard InChI is InChI=1S/C18H28N6O2/c1-2-3-12-26-13-4-9-19-18(25)15-7-10-23(11-8-15)17-6-5-16-21-20-14-24(16)22-17/h5-6,14-15H,2-4,7-13H2,1H3,(H,19,25). The van der Waals surface area contributed by atoms with Crippen LogP contribution in [0, 0.1) is 5.92 Å². The van der Waals surface area contributed by atoms with Crippen molar-refractivity contribution in [3.63, 3.8) is 0 Å². The Morgan fingerprint density at radius 2 is 2.08 bits per heavy atom. The summed E-state index contributed by atoms with van der Waals surface area (Å²) in [7, 11) is 0. The molecule has 142 valence electrons. The molecule has 1 aliphatic heterocycles. The van der Waals surface area contributed by atoms with E-state index in [1.807, 2.05) is 12.1 Å². The summed E-state index contributed by atoms with van der Waals surface area (Å²) < 4.78 is 7.19. The highest BCUT2D eigenvalue weighted by atomic mass is 16.5. The molecule has 1 saturated heterocycles. The van der Waals surface area contributed by atoms with Crippen molar-refractivity contribution in [3.8, 4) is 0 Å². The van der Waals surface area contributed by atoms with Crippen LogP contribution in [0.25, 0.3) is 5.65 Å². The van der Waals surface area contributed by atoms with Crippen LogP contribution in [0.5, 0.6) is 0 Å². The maximum Gasteiger partial charge on any atom is 0.223 e. The molecule has 3 heterocycles. The predicted molar refractivity (Wildman–Crippen MR) is 99.1 cm³/mol. The fraction of sp³-hybridized carbons (Fsp3) is 0.667. The van der Waals surface area contributed by atoms with Gasteiger partial charge in [0, 0.05) is 38.8 Å². The summed E-state index contributed by atoms with van der Waals surface area (Å²) in [6, 6.07) is 3.87. The van der Waals surface area contributed by atoms with Crippen molar-refractivity contribution in [2.45, 2.75) is 39.0 Å². The lowest BCUT2D eigenvalue weighted by molar-refractivity contribution is -0.125. The molecule has 0 radical (unpaired) electrons. The zero-order chi connectivity index (χ0) is 18.2. The number of unbranched alkanes of at least 4 members (excludes halogenated alkanes) is 1. The molecule has 3 rings (SSSR count). The van der Waals surface area contributed by atoms with Gasteiger partial charge in [0.05, 0.1) is 0 Å². The van der Waals surface area contributed by atoms with E-state index in [0.29, 0.717) is 6.54 Å². The van der Waals surface area contributed by atoms with Crippen LogP contribution in [0.3, 0.4) is 0 Å². The second kappa shape index (κ2) is 9.47. The first-order valence-corrected chi connectivity index (χ1v) is 9.55. The molecule has 2 aromatic rings. The molecule has 0 aliphatic carbocycles. The third-order valence-corrected chi connectivity index (χ3v) is 4.74. The summed E-state index contributed by atoms with van der Waals surface area (Å²) in [5, 5.41) is 15.4. The smallest absolute Gasteiger partial charge is 0.223 e. The Morgan fingerprint density at radius 1 is 1.27 bits per heavy atom. The Balaban J connectivity index is 1.37. The van der Waals surface area contributed by atoms with E-state index in [-0.39, 0.29) is 11.8 Å². The summed E-state index contributed by atoms with van der Waals surface area (Å²) in [4.78, 5) is 14.5. The van der Waals surface area contributed by atoms with E-state index in [0.717, 1.165) is 69.9 Å². The van der Waals surface area contributed by atoms with Crippen molar-refractivity contribution in [2.75, 3.05) is 37.7 Å². The fourth-order valence-electron chi connectivity index (χ4n) is 3.14. The van der Waals surface area contributed by atoms with Crippen LogP contribution in [0.15, 0.2) is 18.5 Å². The highest BCUT2D eigenvalue weighted by molar-refractivity contribution is 5.78. The Hall–Kier alpha value is -2.22. The number of carbonyl (C=O) groups is 1. The quantitative estimate of drug-likeness (QED) is 0.685. The average Bonchev–Trinajstić information content (AvgIpc) is 3.15. The van der Waals surface area contributed by atoms with Gasteiger partial charge in [0.1, 0.15) is 12.1 Å². The Morgan fingerprint density at radius 3 is 2.88 bits per heavy atom. The van der Waals surface area contributed by atoms with Crippen LogP contribution < -0.4 is 10.2 Å². The van der Waals surface area contributed by atoms with Gasteiger partial charge in [-0.1, -0.05) is 13.3 Å². The van der Waals surface area contributed by atoms with Crippen LogP contribution in [0.4, 0.5) is 5.82 Å². The summed E-state index contributed by atoms with van der Waals surface area (Å²) in [5.74, 6) is 1.16. The molecule has 8 heteroatoms. The van der Waals surface area contributed by atoms with E-state index in [1.54, 1.807) is 10.8 Å². The molecule has 0 spiro atoms. The van der Waals surface area contributed by atoms with Gasteiger partial charge in [0.15, 0.2) is 5.65 Å². The van der Waals surface area contributed by atoms with Crippen LogP contribution in [-0.2, 0) is 9.53 Å². The number of piperidine rings is 1. The number of amides is 1. The molecular formula is C18H28N6O2. The van der Waals surface area contributed by atoms with Crippen LogP contribution in [-0.4, -0.2) is 58.6 Å². The molecule has 8 nitrogen and oxygen atoms in total. The van der Waals surface area contributed by atoms with Gasteiger partial charge in [-0.3, -0.25) is 4.79 Å². The number of nitrogens with zero attached hydrogens (tertiary/aromatic N) is 5. The summed E-state index contributed by atoms with van der Waals surface area (Å²) in [6.45, 7) is 6.04. The van der Waals surface area contributed by atoms with Gasteiger partial charge in [0.2, 0.25) is 5.91 Å². The van der Waals surface area contributed by atoms with Crippen molar-refractivity contribution < 1.29 is 9.53 Å². The maximum atomic E-state index is 12.3. The SMILES string of the molecule is CCCCOCCCNC(=O)C1CCN(c2ccc3nncn3n2)CC1. The third-order valence-electron chi connectivity index (χ3n) is 4.74. The molecular weight excluding hydrogens is 332 g/mol. The Bertz CT molecular complexity index is 696. The molecule has 0 bridgehead atoms. The van der Waals surface area contributed by atoms with Crippen molar-refractivity contribution in [3.05, 3.63) is 18.5 Å². The molecule has 1 amide bonds. The molecule has 0 atom stereocenters. The number of carbonyl (C=O) groups excluding carboxylic acids is 1. The monoisotopic (exact) mass is 360 g/mol. The van der Waals surface area contributed by atoms with Gasteiger partial charge in [0.25, 0.3) is 0 Å². The van der Waals surface area contributed by atoms with E-state index < -0.39 is 0 Å². The number of anilines is 1. The first kappa shape index (κ1) is 18.6. The van der Waals surface area contributed by atoms with Crippen LogP contribution >= 0.6 is 0 Å². The van der Waals surface area contributed by atoms with E-state index in [1.165, 1.54) is 0 Å². The lowest BCUT2D eigenvalue weighted by Crippen LogP contribution is -2.41. The largest absolute Gasteiger partial charge is 0.381 e. The summed E-state index contributed by atoms with van der Waals surface area (Å²) >= 11 is 0. The molecule has 2 aromatic heterocycles. The minimum absolute atomic E-state index is 0.0888. The molecule has 26 heavy (non-hydrogen) atoms. The number of hydrogen-bond acceptors (Lipinski definition) is 6. The highest BCUT2D eigenvalue weighted by Crippen LogP contribution is 2.22. The Labute approximate surface area is 153 Å². The first-order valence-electron chi connectivity index (χ1n) is 9.55. The predicted octanol–water partition coefficient (Wildman–Crippen LogP) is 1.66. The highest BCUT2D eigenvalue weighted by Gasteiger charge is 2.25. The number of nitrogens with one attached hydrogen (secondary N) is 1. The third kappa shape index (κ3) is 4.91. The zero-order valence-electron chi connectivity index (χ0n) is 15.4. The second-order valence-electron chi connectivity index (χ2n) is 6.70. The van der Waals surface area contributed by atoms with Crippen LogP contribution in [0.2, 0.25) is 0 Å². The lowest BCUT2D eigenvalue weighted by atomic mass is 9.96. The van der Waals surface area contributed by atoms with Gasteiger partial charge < -0.3 is 15.0 Å².